The number of aryl methyl sites for hydroxylation is 3. The standard InChI is InChI=1S/C14H15NOS/c1-9-6-4-5-7-13(9)15-14(16)12-8-10(2)17-11(12)3/h4-8H,1-3H3,(H,15,16). The summed E-state index contributed by atoms with van der Waals surface area (Å²) in [4.78, 5) is 14.3. The van der Waals surface area contributed by atoms with Gasteiger partial charge in [-0.05, 0) is 38.5 Å². The molecule has 0 spiro atoms. The summed E-state index contributed by atoms with van der Waals surface area (Å²) < 4.78 is 0. The van der Waals surface area contributed by atoms with Gasteiger partial charge in [0.1, 0.15) is 0 Å². The van der Waals surface area contributed by atoms with E-state index in [1.54, 1.807) is 11.3 Å². The van der Waals surface area contributed by atoms with Gasteiger partial charge in [-0.15, -0.1) is 11.3 Å². The molecule has 0 fully saturated rings. The highest BCUT2D eigenvalue weighted by Crippen LogP contribution is 2.22. The van der Waals surface area contributed by atoms with Gasteiger partial charge in [-0.2, -0.15) is 0 Å². The van der Waals surface area contributed by atoms with Gasteiger partial charge in [-0.3, -0.25) is 4.79 Å². The largest absolute Gasteiger partial charge is 0.322 e. The van der Waals surface area contributed by atoms with Gasteiger partial charge in [-0.25, -0.2) is 0 Å². The van der Waals surface area contributed by atoms with Gasteiger partial charge in [0.05, 0.1) is 5.56 Å². The Kier molecular flexibility index (Phi) is 3.29. The van der Waals surface area contributed by atoms with Crippen molar-refractivity contribution in [3.63, 3.8) is 0 Å². The number of para-hydroxylation sites is 1. The van der Waals surface area contributed by atoms with Crippen LogP contribution in [-0.2, 0) is 0 Å². The molecule has 2 aromatic rings. The first-order valence-corrected chi connectivity index (χ1v) is 6.33. The number of amides is 1. The van der Waals surface area contributed by atoms with Crippen LogP contribution in [0.3, 0.4) is 0 Å². The molecule has 2 nitrogen and oxygen atoms in total. The second-order valence-electron chi connectivity index (χ2n) is 4.10. The molecule has 0 radical (unpaired) electrons. The molecule has 1 amide bonds. The summed E-state index contributed by atoms with van der Waals surface area (Å²) in [6.07, 6.45) is 0. The number of carbonyl (C=O) groups is 1. The molecular formula is C14H15NOS. The third-order valence-corrected chi connectivity index (χ3v) is 3.64. The zero-order valence-electron chi connectivity index (χ0n) is 10.2. The molecule has 0 aliphatic heterocycles. The normalized spacial score (nSPS) is 10.3. The Hall–Kier alpha value is -1.61. The number of benzene rings is 1. The minimum Gasteiger partial charge on any atom is -0.322 e. The molecule has 1 heterocycles. The lowest BCUT2D eigenvalue weighted by Crippen LogP contribution is -2.12. The number of nitrogens with one attached hydrogen (secondary N) is 1. The molecule has 0 saturated heterocycles. The second-order valence-corrected chi connectivity index (χ2v) is 5.56. The second kappa shape index (κ2) is 4.72. The van der Waals surface area contributed by atoms with Crippen molar-refractivity contribution in [2.45, 2.75) is 20.8 Å². The number of anilines is 1. The summed E-state index contributed by atoms with van der Waals surface area (Å²) in [5.41, 5.74) is 2.72. The third kappa shape index (κ3) is 2.56. The summed E-state index contributed by atoms with van der Waals surface area (Å²) in [6.45, 7) is 5.98. The zero-order valence-corrected chi connectivity index (χ0v) is 11.0. The van der Waals surface area contributed by atoms with Crippen LogP contribution < -0.4 is 5.32 Å². The van der Waals surface area contributed by atoms with Gasteiger partial charge in [0.25, 0.3) is 5.91 Å². The topological polar surface area (TPSA) is 29.1 Å². The van der Waals surface area contributed by atoms with Gasteiger partial charge in [0.2, 0.25) is 0 Å². The highest BCUT2D eigenvalue weighted by Gasteiger charge is 2.12. The summed E-state index contributed by atoms with van der Waals surface area (Å²) in [5, 5.41) is 2.95. The first kappa shape index (κ1) is 11.9. The van der Waals surface area contributed by atoms with Crippen LogP contribution in [0, 0.1) is 20.8 Å². The predicted octanol–water partition coefficient (Wildman–Crippen LogP) is 3.93. The quantitative estimate of drug-likeness (QED) is 0.853. The van der Waals surface area contributed by atoms with E-state index in [-0.39, 0.29) is 5.91 Å². The molecule has 1 aromatic heterocycles. The molecule has 88 valence electrons. The highest BCUT2D eigenvalue weighted by atomic mass is 32.1. The van der Waals surface area contributed by atoms with Crippen molar-refractivity contribution in [2.24, 2.45) is 0 Å². The van der Waals surface area contributed by atoms with Gasteiger partial charge >= 0.3 is 0 Å². The lowest BCUT2D eigenvalue weighted by molar-refractivity contribution is 0.102. The average molecular weight is 245 g/mol. The van der Waals surface area contributed by atoms with Crippen LogP contribution in [-0.4, -0.2) is 5.91 Å². The van der Waals surface area contributed by atoms with Gasteiger partial charge < -0.3 is 5.32 Å². The maximum atomic E-state index is 12.1. The van der Waals surface area contributed by atoms with Crippen LogP contribution in [0.5, 0.6) is 0 Å². The fourth-order valence-electron chi connectivity index (χ4n) is 1.76. The van der Waals surface area contributed by atoms with Crippen LogP contribution in [0.25, 0.3) is 0 Å². The Morgan fingerprint density at radius 2 is 1.88 bits per heavy atom. The van der Waals surface area contributed by atoms with Gasteiger partial charge in [0, 0.05) is 15.4 Å². The van der Waals surface area contributed by atoms with Crippen molar-refractivity contribution < 1.29 is 4.79 Å². The smallest absolute Gasteiger partial charge is 0.256 e. The molecule has 0 aliphatic rings. The van der Waals surface area contributed by atoms with E-state index in [0.717, 1.165) is 26.6 Å². The number of carbonyl (C=O) groups excluding carboxylic acids is 1. The molecule has 0 bridgehead atoms. The van der Waals surface area contributed by atoms with Gasteiger partial charge in [-0.1, -0.05) is 18.2 Å². The van der Waals surface area contributed by atoms with Gasteiger partial charge in [0.15, 0.2) is 0 Å². The van der Waals surface area contributed by atoms with Crippen molar-refractivity contribution >= 4 is 22.9 Å². The zero-order chi connectivity index (χ0) is 12.4. The van der Waals surface area contributed by atoms with Crippen LogP contribution >= 0.6 is 11.3 Å². The highest BCUT2D eigenvalue weighted by molar-refractivity contribution is 7.12. The number of rotatable bonds is 2. The fraction of sp³-hybridized carbons (Fsp3) is 0.214. The monoisotopic (exact) mass is 245 g/mol. The van der Waals surface area contributed by atoms with Crippen molar-refractivity contribution in [3.05, 3.63) is 51.2 Å². The summed E-state index contributed by atoms with van der Waals surface area (Å²) in [5.74, 6) is -0.0267. The minimum atomic E-state index is -0.0267. The van der Waals surface area contributed by atoms with E-state index in [0.29, 0.717) is 0 Å². The Balaban J connectivity index is 2.23. The van der Waals surface area contributed by atoms with E-state index in [2.05, 4.69) is 5.32 Å². The van der Waals surface area contributed by atoms with Crippen LogP contribution in [0.15, 0.2) is 30.3 Å². The lowest BCUT2D eigenvalue weighted by atomic mass is 10.2. The number of hydrogen-bond acceptors (Lipinski definition) is 2. The van der Waals surface area contributed by atoms with E-state index in [1.165, 1.54) is 0 Å². The summed E-state index contributed by atoms with van der Waals surface area (Å²) in [7, 11) is 0. The maximum absolute atomic E-state index is 12.1. The minimum absolute atomic E-state index is 0.0267. The molecule has 0 aliphatic carbocycles. The molecule has 0 saturated carbocycles. The first-order chi connectivity index (χ1) is 8.08. The maximum Gasteiger partial charge on any atom is 0.256 e. The molecular weight excluding hydrogens is 230 g/mol. The van der Waals surface area contributed by atoms with Crippen LogP contribution in [0.1, 0.15) is 25.7 Å². The number of hydrogen-bond donors (Lipinski definition) is 1. The average Bonchev–Trinajstić information content (AvgIpc) is 2.61. The fourth-order valence-corrected chi connectivity index (χ4v) is 2.68. The van der Waals surface area contributed by atoms with Crippen LogP contribution in [0.4, 0.5) is 5.69 Å². The van der Waals surface area contributed by atoms with Crippen molar-refractivity contribution in [2.75, 3.05) is 5.32 Å². The Bertz CT molecular complexity index is 557. The SMILES string of the molecule is Cc1cc(C(=O)Nc2ccccc2C)c(C)s1. The molecule has 1 N–H and O–H groups in total. The summed E-state index contributed by atoms with van der Waals surface area (Å²) in [6, 6.07) is 9.73. The van der Waals surface area contributed by atoms with Crippen molar-refractivity contribution in [1.29, 1.82) is 0 Å². The molecule has 2 rings (SSSR count). The number of thiophene rings is 1. The molecule has 0 atom stereocenters. The van der Waals surface area contributed by atoms with Crippen molar-refractivity contribution in [3.8, 4) is 0 Å². The van der Waals surface area contributed by atoms with Crippen LogP contribution in [0.2, 0.25) is 0 Å². The predicted molar refractivity (Wildman–Crippen MR) is 72.9 cm³/mol. The molecule has 17 heavy (non-hydrogen) atoms. The lowest BCUT2D eigenvalue weighted by Gasteiger charge is -2.07. The molecule has 1 aromatic carbocycles. The van der Waals surface area contributed by atoms with E-state index in [4.69, 9.17) is 0 Å². The Morgan fingerprint density at radius 1 is 1.18 bits per heavy atom. The molecule has 3 heteroatoms. The van der Waals surface area contributed by atoms with E-state index in [9.17, 15) is 4.79 Å². The third-order valence-electron chi connectivity index (χ3n) is 2.68. The van der Waals surface area contributed by atoms with E-state index in [1.807, 2.05) is 51.1 Å². The Morgan fingerprint density at radius 3 is 2.47 bits per heavy atom. The summed E-state index contributed by atoms with van der Waals surface area (Å²) >= 11 is 1.65. The van der Waals surface area contributed by atoms with E-state index >= 15 is 0 Å². The van der Waals surface area contributed by atoms with E-state index < -0.39 is 0 Å². The first-order valence-electron chi connectivity index (χ1n) is 5.52. The molecule has 0 unspecified atom stereocenters. The van der Waals surface area contributed by atoms with Crippen molar-refractivity contribution in [1.82, 2.24) is 0 Å². The Labute approximate surface area is 105 Å².